The van der Waals surface area contributed by atoms with Crippen LogP contribution in [0.2, 0.25) is 0 Å². The average Bonchev–Trinajstić information content (AvgIpc) is 2.52. The molecule has 0 aromatic rings. The maximum Gasteiger partial charge on any atom is 0.0115 e. The lowest BCUT2D eigenvalue weighted by Gasteiger charge is -1.99. The van der Waals surface area contributed by atoms with Gasteiger partial charge >= 0.3 is 0 Å². The van der Waals surface area contributed by atoms with Gasteiger partial charge in [0.2, 0.25) is 0 Å². The van der Waals surface area contributed by atoms with Crippen LogP contribution in [0, 0.1) is 0 Å². The van der Waals surface area contributed by atoms with Crippen LogP contribution in [0.1, 0.15) is 61.8 Å². The largest absolute Gasteiger partial charge is 0.103 e. The number of thioether (sulfide) groups is 1. The Morgan fingerprint density at radius 1 is 1.05 bits per heavy atom. The van der Waals surface area contributed by atoms with Crippen LogP contribution in [0.3, 0.4) is 0 Å². The van der Waals surface area contributed by atoms with Gasteiger partial charge in [0.1, 0.15) is 0 Å². The minimum atomic E-state index is 1.08. The van der Waals surface area contributed by atoms with Gasteiger partial charge in [0.05, 0.1) is 0 Å². The molecular weight excluding hydrogens is 260 g/mol. The van der Waals surface area contributed by atoms with Gasteiger partial charge in [0.15, 0.2) is 0 Å². The maximum absolute atomic E-state index is 3.67. The van der Waals surface area contributed by atoms with E-state index in [9.17, 15) is 0 Å². The van der Waals surface area contributed by atoms with Crippen LogP contribution in [0.5, 0.6) is 0 Å². The molecule has 1 heteroatoms. The van der Waals surface area contributed by atoms with Crippen molar-refractivity contribution in [2.75, 3.05) is 0 Å². The summed E-state index contributed by atoms with van der Waals surface area (Å²) >= 11 is 1.76. The molecular formula is C19H36S. The number of hydrogen-bond donors (Lipinski definition) is 0. The highest BCUT2D eigenvalue weighted by molar-refractivity contribution is 8.06. The van der Waals surface area contributed by atoms with Crippen molar-refractivity contribution in [1.82, 2.24) is 0 Å². The smallest absolute Gasteiger partial charge is 0.0115 e. The zero-order chi connectivity index (χ0) is 16.8. The van der Waals surface area contributed by atoms with Gasteiger partial charge < -0.3 is 0 Å². The molecule has 0 aromatic carbocycles. The molecule has 0 unspecified atom stereocenters. The quantitative estimate of drug-likeness (QED) is 0.366. The molecule has 0 radical (unpaired) electrons. The third kappa shape index (κ3) is 30.2. The van der Waals surface area contributed by atoms with E-state index in [4.69, 9.17) is 0 Å². The summed E-state index contributed by atoms with van der Waals surface area (Å²) in [7, 11) is 0. The second-order valence-corrected chi connectivity index (χ2v) is 4.32. The summed E-state index contributed by atoms with van der Waals surface area (Å²) in [6.45, 7) is 23.4. The predicted octanol–water partition coefficient (Wildman–Crippen LogP) is 7.92. The van der Waals surface area contributed by atoms with E-state index >= 15 is 0 Å². The van der Waals surface area contributed by atoms with Crippen molar-refractivity contribution in [1.29, 1.82) is 0 Å². The second-order valence-electron chi connectivity index (χ2n) is 3.00. The topological polar surface area (TPSA) is 0 Å². The molecule has 0 aliphatic heterocycles. The van der Waals surface area contributed by atoms with E-state index in [1.54, 1.807) is 11.8 Å². The van der Waals surface area contributed by atoms with Crippen LogP contribution in [-0.2, 0) is 0 Å². The molecule has 118 valence electrons. The van der Waals surface area contributed by atoms with Crippen LogP contribution in [0.4, 0.5) is 0 Å². The maximum atomic E-state index is 3.67. The van der Waals surface area contributed by atoms with Gasteiger partial charge in [-0.3, -0.25) is 0 Å². The molecule has 0 bridgehead atoms. The number of hydrogen-bond acceptors (Lipinski definition) is 1. The molecule has 0 nitrogen and oxygen atoms in total. The van der Waals surface area contributed by atoms with Crippen LogP contribution < -0.4 is 0 Å². The van der Waals surface area contributed by atoms with E-state index in [1.807, 2.05) is 65.8 Å². The Bertz CT molecular complexity index is 267. The summed E-state index contributed by atoms with van der Waals surface area (Å²) in [6, 6.07) is 0. The van der Waals surface area contributed by atoms with Gasteiger partial charge in [-0.1, -0.05) is 83.3 Å². The fraction of sp³-hybridized carbons (Fsp3) is 0.474. The first-order chi connectivity index (χ1) is 9.65. The summed E-state index contributed by atoms with van der Waals surface area (Å²) in [4.78, 5) is 2.53. The first-order valence-corrected chi connectivity index (χ1v) is 8.34. The van der Waals surface area contributed by atoms with Crippen molar-refractivity contribution in [2.45, 2.75) is 61.8 Å². The molecule has 0 heterocycles. The lowest BCUT2D eigenvalue weighted by Crippen LogP contribution is -1.70. The van der Waals surface area contributed by atoms with E-state index in [1.165, 1.54) is 9.81 Å². The van der Waals surface area contributed by atoms with E-state index in [2.05, 4.69) is 39.2 Å². The molecule has 0 saturated carbocycles. The first-order valence-electron chi connectivity index (χ1n) is 7.53. The zero-order valence-corrected chi connectivity index (χ0v) is 15.8. The van der Waals surface area contributed by atoms with Crippen molar-refractivity contribution in [3.8, 4) is 0 Å². The Labute approximate surface area is 133 Å². The summed E-state index contributed by atoms with van der Waals surface area (Å²) in [5, 5.41) is 0. The van der Waals surface area contributed by atoms with E-state index in [-0.39, 0.29) is 0 Å². The Morgan fingerprint density at radius 2 is 1.50 bits per heavy atom. The van der Waals surface area contributed by atoms with Crippen LogP contribution in [0.25, 0.3) is 0 Å². The minimum Gasteiger partial charge on any atom is -0.103 e. The van der Waals surface area contributed by atoms with Crippen molar-refractivity contribution in [3.05, 3.63) is 59.4 Å². The molecule has 0 aliphatic rings. The molecule has 0 N–H and O–H groups in total. The molecule has 0 spiro atoms. The highest BCUT2D eigenvalue weighted by Gasteiger charge is 1.92. The highest BCUT2D eigenvalue weighted by atomic mass is 32.2. The molecule has 0 aromatic heterocycles. The SMILES string of the molecule is C=C/C=C(\C=C/C)S/C(C)=C/C.C=CCC.CC.CC. The van der Waals surface area contributed by atoms with Gasteiger partial charge in [-0.2, -0.15) is 0 Å². The Morgan fingerprint density at radius 3 is 1.75 bits per heavy atom. The van der Waals surface area contributed by atoms with Gasteiger partial charge in [0, 0.05) is 4.91 Å². The van der Waals surface area contributed by atoms with E-state index in [0.717, 1.165) is 6.42 Å². The van der Waals surface area contributed by atoms with Gasteiger partial charge in [-0.05, 0) is 38.2 Å². The third-order valence-corrected chi connectivity index (χ3v) is 2.65. The monoisotopic (exact) mass is 296 g/mol. The Hall–Kier alpha value is -0.950. The minimum absolute atomic E-state index is 1.08. The second kappa shape index (κ2) is 30.8. The van der Waals surface area contributed by atoms with Crippen molar-refractivity contribution < 1.29 is 0 Å². The molecule has 0 saturated heterocycles. The van der Waals surface area contributed by atoms with E-state index < -0.39 is 0 Å². The van der Waals surface area contributed by atoms with Gasteiger partial charge in [0.25, 0.3) is 0 Å². The summed E-state index contributed by atoms with van der Waals surface area (Å²) in [6.07, 6.45) is 13.0. The zero-order valence-electron chi connectivity index (χ0n) is 15.0. The fourth-order valence-electron chi connectivity index (χ4n) is 0.649. The van der Waals surface area contributed by atoms with Gasteiger partial charge in [-0.15, -0.1) is 6.58 Å². The van der Waals surface area contributed by atoms with Crippen molar-refractivity contribution >= 4 is 11.8 Å². The summed E-state index contributed by atoms with van der Waals surface area (Å²) in [5.74, 6) is 0. The fourth-order valence-corrected chi connectivity index (χ4v) is 1.51. The lowest BCUT2D eigenvalue weighted by molar-refractivity contribution is 1.23. The number of allylic oxidation sites excluding steroid dienone is 7. The Kier molecular flexibility index (Phi) is 42.2. The molecule has 0 aliphatic carbocycles. The molecule has 0 atom stereocenters. The van der Waals surface area contributed by atoms with Crippen molar-refractivity contribution in [3.63, 3.8) is 0 Å². The summed E-state index contributed by atoms with van der Waals surface area (Å²) < 4.78 is 0. The molecule has 0 rings (SSSR count). The molecule has 0 amide bonds. The normalized spacial score (nSPS) is 10.2. The standard InChI is InChI=1S/C11H16S.C4H8.2C2H6/c1-5-8-11(9-6-2)12-10(4)7-3;1-3-4-2;2*1-2/h5-9H,1H2,2-4H3;3H,1,4H2,2H3;2*1-2H3/b9-6-,10-7+,11-8+;;;. The average molecular weight is 297 g/mol. The molecule has 0 fully saturated rings. The van der Waals surface area contributed by atoms with Crippen LogP contribution >= 0.6 is 11.8 Å². The first kappa shape index (κ1) is 27.4. The molecule has 20 heavy (non-hydrogen) atoms. The number of rotatable bonds is 5. The lowest BCUT2D eigenvalue weighted by atomic mass is 10.4. The third-order valence-electron chi connectivity index (χ3n) is 1.59. The highest BCUT2D eigenvalue weighted by Crippen LogP contribution is 2.25. The summed E-state index contributed by atoms with van der Waals surface area (Å²) in [5.41, 5.74) is 0. The predicted molar refractivity (Wildman–Crippen MR) is 103 cm³/mol. The van der Waals surface area contributed by atoms with Crippen molar-refractivity contribution in [2.24, 2.45) is 0 Å². The van der Waals surface area contributed by atoms with Gasteiger partial charge in [-0.25, -0.2) is 0 Å². The van der Waals surface area contributed by atoms with Crippen LogP contribution in [0.15, 0.2) is 59.4 Å². The van der Waals surface area contributed by atoms with E-state index in [0.29, 0.717) is 0 Å². The van der Waals surface area contributed by atoms with Crippen LogP contribution in [-0.4, -0.2) is 0 Å². The Balaban J connectivity index is -0.000000134.